The molecule has 0 aliphatic heterocycles. The lowest BCUT2D eigenvalue weighted by Gasteiger charge is -2.12. The topological polar surface area (TPSA) is 71.3 Å². The van der Waals surface area contributed by atoms with Gasteiger partial charge in [-0.05, 0) is 36.2 Å². The molecule has 1 amide bonds. The SMILES string of the molecule is Cc1cnn2c(NCc3ccc(NC(=O)Cc4ccccc4)cc3)cc(-c3ccccc3Cl)nc12. The van der Waals surface area contributed by atoms with Crippen molar-refractivity contribution in [1.29, 1.82) is 0 Å². The number of aromatic nitrogens is 3. The Morgan fingerprint density at radius 1 is 0.943 bits per heavy atom. The number of hydrogen-bond acceptors (Lipinski definition) is 4. The van der Waals surface area contributed by atoms with Gasteiger partial charge in [0, 0.05) is 34.4 Å². The average molecular weight is 482 g/mol. The van der Waals surface area contributed by atoms with Crippen molar-refractivity contribution in [3.63, 3.8) is 0 Å². The summed E-state index contributed by atoms with van der Waals surface area (Å²) in [5.41, 5.74) is 6.24. The summed E-state index contributed by atoms with van der Waals surface area (Å²) in [5, 5.41) is 11.6. The van der Waals surface area contributed by atoms with Crippen molar-refractivity contribution in [1.82, 2.24) is 14.6 Å². The van der Waals surface area contributed by atoms with Crippen LogP contribution < -0.4 is 10.6 Å². The van der Waals surface area contributed by atoms with Crippen LogP contribution >= 0.6 is 11.6 Å². The zero-order valence-corrected chi connectivity index (χ0v) is 20.0. The second-order valence-corrected chi connectivity index (χ2v) is 8.74. The van der Waals surface area contributed by atoms with Crippen molar-refractivity contribution in [3.05, 3.63) is 113 Å². The molecule has 0 fully saturated rings. The van der Waals surface area contributed by atoms with E-state index in [1.54, 1.807) is 10.7 Å². The van der Waals surface area contributed by atoms with Gasteiger partial charge in [0.25, 0.3) is 0 Å². The summed E-state index contributed by atoms with van der Waals surface area (Å²) in [6.45, 7) is 2.57. The van der Waals surface area contributed by atoms with Crippen LogP contribution in [0.2, 0.25) is 5.02 Å². The Labute approximate surface area is 208 Å². The van der Waals surface area contributed by atoms with E-state index < -0.39 is 0 Å². The molecule has 7 heteroatoms. The van der Waals surface area contributed by atoms with Crippen LogP contribution in [-0.2, 0) is 17.8 Å². The Morgan fingerprint density at radius 2 is 1.69 bits per heavy atom. The Hall–Kier alpha value is -4.16. The normalized spacial score (nSPS) is 10.9. The summed E-state index contributed by atoms with van der Waals surface area (Å²) in [4.78, 5) is 17.1. The van der Waals surface area contributed by atoms with Gasteiger partial charge in [-0.1, -0.05) is 72.3 Å². The largest absolute Gasteiger partial charge is 0.366 e. The average Bonchev–Trinajstić information content (AvgIpc) is 3.25. The van der Waals surface area contributed by atoms with Crippen LogP contribution in [0.4, 0.5) is 11.5 Å². The Balaban J connectivity index is 1.30. The highest BCUT2D eigenvalue weighted by molar-refractivity contribution is 6.33. The van der Waals surface area contributed by atoms with Crippen LogP contribution in [0.25, 0.3) is 16.9 Å². The van der Waals surface area contributed by atoms with Gasteiger partial charge in [0.05, 0.1) is 18.3 Å². The van der Waals surface area contributed by atoms with E-state index in [1.807, 2.05) is 91.9 Å². The first-order valence-corrected chi connectivity index (χ1v) is 11.7. The summed E-state index contributed by atoms with van der Waals surface area (Å²) in [5.74, 6) is 0.778. The fourth-order valence-electron chi connectivity index (χ4n) is 3.89. The van der Waals surface area contributed by atoms with Crippen molar-refractivity contribution in [2.24, 2.45) is 0 Å². The molecule has 0 saturated heterocycles. The van der Waals surface area contributed by atoms with E-state index in [4.69, 9.17) is 16.6 Å². The summed E-state index contributed by atoms with van der Waals surface area (Å²) >= 11 is 6.43. The van der Waals surface area contributed by atoms with Gasteiger partial charge in [0.15, 0.2) is 5.65 Å². The lowest BCUT2D eigenvalue weighted by Crippen LogP contribution is -2.14. The molecule has 0 unspecified atom stereocenters. The molecule has 6 nitrogen and oxygen atoms in total. The predicted molar refractivity (Wildman–Crippen MR) is 141 cm³/mol. The maximum absolute atomic E-state index is 12.3. The Morgan fingerprint density at radius 3 is 2.46 bits per heavy atom. The minimum Gasteiger partial charge on any atom is -0.366 e. The smallest absolute Gasteiger partial charge is 0.228 e. The maximum atomic E-state index is 12.3. The molecule has 0 aliphatic carbocycles. The van der Waals surface area contributed by atoms with E-state index in [-0.39, 0.29) is 5.91 Å². The van der Waals surface area contributed by atoms with Gasteiger partial charge in [-0.3, -0.25) is 4.79 Å². The zero-order chi connectivity index (χ0) is 24.2. The molecule has 5 aromatic rings. The Bertz CT molecular complexity index is 1480. The number of aryl methyl sites for hydroxylation is 1. The number of amides is 1. The highest BCUT2D eigenvalue weighted by Gasteiger charge is 2.13. The van der Waals surface area contributed by atoms with Gasteiger partial charge in [-0.2, -0.15) is 9.61 Å². The molecule has 2 aromatic heterocycles. The fourth-order valence-corrected chi connectivity index (χ4v) is 4.12. The molecular weight excluding hydrogens is 458 g/mol. The molecule has 35 heavy (non-hydrogen) atoms. The first-order valence-electron chi connectivity index (χ1n) is 11.3. The molecular formula is C28H24ClN5O. The molecule has 0 bridgehead atoms. The lowest BCUT2D eigenvalue weighted by atomic mass is 10.1. The second kappa shape index (κ2) is 9.99. The zero-order valence-electron chi connectivity index (χ0n) is 19.2. The van der Waals surface area contributed by atoms with Gasteiger partial charge >= 0.3 is 0 Å². The molecule has 5 rings (SSSR count). The molecule has 3 aromatic carbocycles. The van der Waals surface area contributed by atoms with Crippen LogP contribution in [0.3, 0.4) is 0 Å². The first kappa shape index (κ1) is 22.6. The van der Waals surface area contributed by atoms with Crippen LogP contribution in [0, 0.1) is 6.92 Å². The predicted octanol–water partition coefficient (Wildman–Crippen LogP) is 6.15. The lowest BCUT2D eigenvalue weighted by molar-refractivity contribution is -0.115. The highest BCUT2D eigenvalue weighted by atomic mass is 35.5. The second-order valence-electron chi connectivity index (χ2n) is 8.33. The third-order valence-electron chi connectivity index (χ3n) is 5.72. The summed E-state index contributed by atoms with van der Waals surface area (Å²) in [6, 6.07) is 27.1. The fraction of sp³-hybridized carbons (Fsp3) is 0.107. The number of carbonyl (C=O) groups is 1. The van der Waals surface area contributed by atoms with E-state index in [0.29, 0.717) is 18.0 Å². The Kier molecular flexibility index (Phi) is 6.46. The van der Waals surface area contributed by atoms with Crippen molar-refractivity contribution in [3.8, 4) is 11.3 Å². The van der Waals surface area contributed by atoms with Gasteiger partial charge in [0.1, 0.15) is 5.82 Å². The van der Waals surface area contributed by atoms with Gasteiger partial charge in [-0.25, -0.2) is 4.98 Å². The summed E-state index contributed by atoms with van der Waals surface area (Å²) in [6.07, 6.45) is 2.15. The number of carbonyl (C=O) groups excluding carboxylic acids is 1. The monoisotopic (exact) mass is 481 g/mol. The van der Waals surface area contributed by atoms with E-state index in [2.05, 4.69) is 15.7 Å². The molecule has 0 atom stereocenters. The number of halogens is 1. The van der Waals surface area contributed by atoms with Crippen molar-refractivity contribution >= 4 is 34.7 Å². The molecule has 2 N–H and O–H groups in total. The number of anilines is 2. The number of benzene rings is 3. The van der Waals surface area contributed by atoms with Crippen LogP contribution in [0.15, 0.2) is 91.1 Å². The number of hydrogen-bond donors (Lipinski definition) is 2. The van der Waals surface area contributed by atoms with Gasteiger partial charge < -0.3 is 10.6 Å². The third-order valence-corrected chi connectivity index (χ3v) is 6.05. The van der Waals surface area contributed by atoms with E-state index >= 15 is 0 Å². The number of rotatable bonds is 7. The molecule has 0 radical (unpaired) electrons. The first-order chi connectivity index (χ1) is 17.1. The van der Waals surface area contributed by atoms with E-state index in [1.165, 1.54) is 0 Å². The van der Waals surface area contributed by atoms with Crippen molar-refractivity contribution < 1.29 is 4.79 Å². The van der Waals surface area contributed by atoms with Gasteiger partial charge in [-0.15, -0.1) is 0 Å². The molecule has 2 heterocycles. The molecule has 0 aliphatic rings. The van der Waals surface area contributed by atoms with Crippen LogP contribution in [-0.4, -0.2) is 20.5 Å². The number of fused-ring (bicyclic) bond motifs is 1. The van der Waals surface area contributed by atoms with E-state index in [0.717, 1.165) is 45.1 Å². The third kappa shape index (κ3) is 5.18. The van der Waals surface area contributed by atoms with Crippen LogP contribution in [0.1, 0.15) is 16.7 Å². The summed E-state index contributed by atoms with van der Waals surface area (Å²) in [7, 11) is 0. The molecule has 0 spiro atoms. The van der Waals surface area contributed by atoms with Crippen molar-refractivity contribution in [2.45, 2.75) is 19.9 Å². The minimum absolute atomic E-state index is 0.0394. The molecule has 174 valence electrons. The standard InChI is InChI=1S/C28H24ClN5O/c1-19-17-31-34-26(16-25(33-28(19)34)23-9-5-6-10-24(23)29)30-18-21-11-13-22(14-12-21)32-27(35)15-20-7-3-2-4-8-20/h2-14,16-17,30H,15,18H2,1H3,(H,32,35). The maximum Gasteiger partial charge on any atom is 0.228 e. The van der Waals surface area contributed by atoms with E-state index in [9.17, 15) is 4.79 Å². The quantitative estimate of drug-likeness (QED) is 0.292. The number of nitrogens with zero attached hydrogens (tertiary/aromatic N) is 3. The summed E-state index contributed by atoms with van der Waals surface area (Å²) < 4.78 is 1.80. The van der Waals surface area contributed by atoms with Gasteiger partial charge in [0.2, 0.25) is 5.91 Å². The van der Waals surface area contributed by atoms with Crippen LogP contribution in [0.5, 0.6) is 0 Å². The van der Waals surface area contributed by atoms with Crippen molar-refractivity contribution in [2.75, 3.05) is 10.6 Å². The highest BCUT2D eigenvalue weighted by Crippen LogP contribution is 2.29. The molecule has 0 saturated carbocycles. The minimum atomic E-state index is -0.0394. The number of nitrogens with one attached hydrogen (secondary N) is 2.